The van der Waals surface area contributed by atoms with E-state index < -0.39 is 0 Å². The molecule has 0 fully saturated rings. The van der Waals surface area contributed by atoms with Gasteiger partial charge < -0.3 is 14.3 Å². The van der Waals surface area contributed by atoms with Gasteiger partial charge in [-0.25, -0.2) is 0 Å². The molecule has 1 atom stereocenters. The second kappa shape index (κ2) is 5.93. The lowest BCUT2D eigenvalue weighted by molar-refractivity contribution is -0.121. The Balaban J connectivity index is 2.09. The Morgan fingerprint density at radius 1 is 1.43 bits per heavy atom. The molecular weight excluding hydrogens is 288 g/mol. The molecule has 0 bridgehead atoms. The van der Waals surface area contributed by atoms with E-state index in [2.05, 4.69) is 15.5 Å². The molecule has 2 aromatic heterocycles. The van der Waals surface area contributed by atoms with Crippen LogP contribution >= 0.6 is 11.8 Å². The van der Waals surface area contributed by atoms with Crippen molar-refractivity contribution in [2.45, 2.75) is 43.6 Å². The molecule has 0 saturated heterocycles. The van der Waals surface area contributed by atoms with E-state index >= 15 is 0 Å². The molecular formula is C14H20N4O2S. The molecule has 114 valence electrons. The Morgan fingerprint density at radius 2 is 2.14 bits per heavy atom. The molecule has 0 aliphatic carbocycles. The summed E-state index contributed by atoms with van der Waals surface area (Å²) in [5, 5.41) is 11.6. The zero-order valence-electron chi connectivity index (χ0n) is 12.9. The summed E-state index contributed by atoms with van der Waals surface area (Å²) in [4.78, 5) is 12.1. The van der Waals surface area contributed by atoms with Crippen molar-refractivity contribution in [1.82, 2.24) is 20.1 Å². The molecule has 1 N–H and O–H groups in total. The summed E-state index contributed by atoms with van der Waals surface area (Å²) in [6.45, 7) is 7.73. The number of amides is 1. The highest BCUT2D eigenvalue weighted by Crippen LogP contribution is 2.26. The van der Waals surface area contributed by atoms with Crippen molar-refractivity contribution < 1.29 is 9.21 Å². The smallest absolute Gasteiger partial charge is 0.233 e. The molecule has 2 aromatic rings. The standard InChI is InChI=1S/C14H20N4O2S/c1-9(12(19)15-14(2,3)4)21-13-17-16-11(18(13)5)10-7-6-8-20-10/h6-9H,1-5H3,(H,15,19). The number of aromatic nitrogens is 3. The van der Waals surface area contributed by atoms with Crippen LogP contribution in [0.15, 0.2) is 28.0 Å². The van der Waals surface area contributed by atoms with Gasteiger partial charge in [0.25, 0.3) is 0 Å². The number of carbonyl (C=O) groups is 1. The van der Waals surface area contributed by atoms with E-state index in [1.807, 2.05) is 45.4 Å². The molecule has 7 heteroatoms. The molecule has 6 nitrogen and oxygen atoms in total. The van der Waals surface area contributed by atoms with Crippen molar-refractivity contribution in [1.29, 1.82) is 0 Å². The summed E-state index contributed by atoms with van der Waals surface area (Å²) in [6.07, 6.45) is 1.59. The van der Waals surface area contributed by atoms with Crippen LogP contribution < -0.4 is 5.32 Å². The van der Waals surface area contributed by atoms with Crippen LogP contribution in [-0.2, 0) is 11.8 Å². The number of rotatable bonds is 4. The average Bonchev–Trinajstić information content (AvgIpc) is 2.98. The van der Waals surface area contributed by atoms with Gasteiger partial charge in [-0.1, -0.05) is 11.8 Å². The van der Waals surface area contributed by atoms with Crippen molar-refractivity contribution in [3.05, 3.63) is 18.4 Å². The van der Waals surface area contributed by atoms with E-state index in [4.69, 9.17) is 4.42 Å². The number of thioether (sulfide) groups is 1. The van der Waals surface area contributed by atoms with E-state index in [1.54, 1.807) is 12.3 Å². The summed E-state index contributed by atoms with van der Waals surface area (Å²) in [6, 6.07) is 3.63. The molecule has 0 aliphatic rings. The second-order valence-corrected chi connectivity index (χ2v) is 7.15. The molecule has 1 unspecified atom stereocenters. The van der Waals surface area contributed by atoms with E-state index in [-0.39, 0.29) is 16.7 Å². The first-order valence-corrected chi connectivity index (χ1v) is 7.58. The zero-order chi connectivity index (χ0) is 15.6. The average molecular weight is 308 g/mol. The number of furan rings is 1. The Bertz CT molecular complexity index is 613. The Morgan fingerprint density at radius 3 is 2.71 bits per heavy atom. The van der Waals surface area contributed by atoms with Crippen molar-refractivity contribution in [2.24, 2.45) is 7.05 Å². The van der Waals surface area contributed by atoms with E-state index in [1.165, 1.54) is 11.8 Å². The summed E-state index contributed by atoms with van der Waals surface area (Å²) < 4.78 is 7.14. The molecule has 0 aliphatic heterocycles. The van der Waals surface area contributed by atoms with Crippen molar-refractivity contribution >= 4 is 17.7 Å². The maximum absolute atomic E-state index is 12.1. The molecule has 21 heavy (non-hydrogen) atoms. The van der Waals surface area contributed by atoms with Crippen LogP contribution in [0, 0.1) is 0 Å². The monoisotopic (exact) mass is 308 g/mol. The van der Waals surface area contributed by atoms with Crippen LogP contribution in [-0.4, -0.2) is 31.5 Å². The highest BCUT2D eigenvalue weighted by molar-refractivity contribution is 8.00. The Kier molecular flexibility index (Phi) is 4.41. The van der Waals surface area contributed by atoms with Crippen LogP contribution in [0.4, 0.5) is 0 Å². The SMILES string of the molecule is CC(Sc1nnc(-c2ccco2)n1C)C(=O)NC(C)(C)C. The maximum Gasteiger partial charge on any atom is 0.233 e. The number of hydrogen-bond donors (Lipinski definition) is 1. The van der Waals surface area contributed by atoms with Crippen molar-refractivity contribution in [3.63, 3.8) is 0 Å². The third-order valence-electron chi connectivity index (χ3n) is 2.73. The van der Waals surface area contributed by atoms with Crippen LogP contribution in [0.25, 0.3) is 11.6 Å². The van der Waals surface area contributed by atoms with Gasteiger partial charge in [0, 0.05) is 12.6 Å². The predicted octanol–water partition coefficient (Wildman–Crippen LogP) is 2.47. The quantitative estimate of drug-likeness (QED) is 0.878. The molecule has 0 saturated carbocycles. The number of hydrogen-bond acceptors (Lipinski definition) is 5. The first-order chi connectivity index (χ1) is 9.78. The predicted molar refractivity (Wildman–Crippen MR) is 81.9 cm³/mol. The van der Waals surface area contributed by atoms with Gasteiger partial charge in [-0.05, 0) is 39.8 Å². The second-order valence-electron chi connectivity index (χ2n) is 5.84. The molecule has 0 aromatic carbocycles. The summed E-state index contributed by atoms with van der Waals surface area (Å²) in [5.41, 5.74) is -0.245. The summed E-state index contributed by atoms with van der Waals surface area (Å²) >= 11 is 1.37. The first-order valence-electron chi connectivity index (χ1n) is 6.70. The first kappa shape index (κ1) is 15.6. The largest absolute Gasteiger partial charge is 0.461 e. The van der Waals surface area contributed by atoms with Gasteiger partial charge in [0.15, 0.2) is 16.7 Å². The molecule has 1 amide bonds. The molecule has 2 heterocycles. The summed E-state index contributed by atoms with van der Waals surface area (Å²) in [7, 11) is 1.86. The Hall–Kier alpha value is -1.76. The normalized spacial score (nSPS) is 13.2. The van der Waals surface area contributed by atoms with E-state index in [0.29, 0.717) is 16.7 Å². The fraction of sp³-hybridized carbons (Fsp3) is 0.500. The van der Waals surface area contributed by atoms with Gasteiger partial charge in [0.1, 0.15) is 0 Å². The van der Waals surface area contributed by atoms with Crippen LogP contribution in [0.3, 0.4) is 0 Å². The Labute approximate surface area is 128 Å². The van der Waals surface area contributed by atoms with Crippen LogP contribution in [0.2, 0.25) is 0 Å². The fourth-order valence-corrected chi connectivity index (χ4v) is 2.54. The highest BCUT2D eigenvalue weighted by Gasteiger charge is 2.23. The fourth-order valence-electron chi connectivity index (χ4n) is 1.72. The van der Waals surface area contributed by atoms with Gasteiger partial charge >= 0.3 is 0 Å². The van der Waals surface area contributed by atoms with Gasteiger partial charge in [-0.15, -0.1) is 10.2 Å². The van der Waals surface area contributed by atoms with Crippen molar-refractivity contribution in [2.75, 3.05) is 0 Å². The van der Waals surface area contributed by atoms with Gasteiger partial charge in [0.2, 0.25) is 5.91 Å². The lowest BCUT2D eigenvalue weighted by Crippen LogP contribution is -2.44. The third kappa shape index (κ3) is 3.87. The van der Waals surface area contributed by atoms with Gasteiger partial charge in [0.05, 0.1) is 11.5 Å². The molecule has 0 spiro atoms. The third-order valence-corrected chi connectivity index (χ3v) is 3.86. The van der Waals surface area contributed by atoms with E-state index in [0.717, 1.165) is 0 Å². The van der Waals surface area contributed by atoms with Crippen LogP contribution in [0.1, 0.15) is 27.7 Å². The molecule has 2 rings (SSSR count). The van der Waals surface area contributed by atoms with Crippen LogP contribution in [0.5, 0.6) is 0 Å². The van der Waals surface area contributed by atoms with E-state index in [9.17, 15) is 4.79 Å². The maximum atomic E-state index is 12.1. The number of nitrogens with zero attached hydrogens (tertiary/aromatic N) is 3. The number of carbonyl (C=O) groups excluding carboxylic acids is 1. The zero-order valence-corrected chi connectivity index (χ0v) is 13.7. The minimum Gasteiger partial charge on any atom is -0.461 e. The molecule has 0 radical (unpaired) electrons. The van der Waals surface area contributed by atoms with Crippen molar-refractivity contribution in [3.8, 4) is 11.6 Å². The summed E-state index contributed by atoms with van der Waals surface area (Å²) in [5.74, 6) is 1.28. The lowest BCUT2D eigenvalue weighted by Gasteiger charge is -2.22. The minimum absolute atomic E-state index is 0.0185. The highest BCUT2D eigenvalue weighted by atomic mass is 32.2. The van der Waals surface area contributed by atoms with Gasteiger partial charge in [-0.2, -0.15) is 0 Å². The number of nitrogens with one attached hydrogen (secondary N) is 1. The lowest BCUT2D eigenvalue weighted by atomic mass is 10.1. The topological polar surface area (TPSA) is 73.0 Å². The minimum atomic E-state index is -0.253. The van der Waals surface area contributed by atoms with Gasteiger partial charge in [-0.3, -0.25) is 4.79 Å².